The van der Waals surface area contributed by atoms with E-state index in [1.54, 1.807) is 6.07 Å². The van der Waals surface area contributed by atoms with Crippen LogP contribution in [0.2, 0.25) is 0 Å². The molecule has 1 N–H and O–H groups in total. The Morgan fingerprint density at radius 3 is 2.48 bits per heavy atom. The molecule has 1 aromatic heterocycles. The fourth-order valence-electron chi connectivity index (χ4n) is 5.01. The van der Waals surface area contributed by atoms with Gasteiger partial charge in [-0.3, -0.25) is 4.79 Å². The molecule has 5 nitrogen and oxygen atoms in total. The van der Waals surface area contributed by atoms with E-state index in [9.17, 15) is 22.8 Å². The van der Waals surface area contributed by atoms with E-state index in [1.807, 2.05) is 48.5 Å². The second-order valence-corrected chi connectivity index (χ2v) is 10.0. The number of benzene rings is 3. The van der Waals surface area contributed by atoms with Gasteiger partial charge in [0, 0.05) is 11.1 Å². The Kier molecular flexibility index (Phi) is 7.43. The highest BCUT2D eigenvalue weighted by Crippen LogP contribution is 2.39. The Hall–Kier alpha value is -4.46. The van der Waals surface area contributed by atoms with Gasteiger partial charge >= 0.3 is 12.1 Å². The molecule has 40 heavy (non-hydrogen) atoms. The summed E-state index contributed by atoms with van der Waals surface area (Å²) < 4.78 is 44.8. The molecule has 0 spiro atoms. The number of para-hydroxylation sites is 1. The SMILES string of the molecule is CC1C/C(=C/c2ccccc2)c2nc3ccccc3c(C(=O)OC(C)C(=O)Nc3cccc(C(F)(F)F)c3)c2C1. The number of ether oxygens (including phenoxy) is 1. The molecule has 2 atom stereocenters. The molecule has 8 heteroatoms. The van der Waals surface area contributed by atoms with E-state index in [0.717, 1.165) is 40.9 Å². The molecule has 0 saturated heterocycles. The molecule has 4 aromatic rings. The fourth-order valence-corrected chi connectivity index (χ4v) is 5.01. The van der Waals surface area contributed by atoms with Crippen LogP contribution < -0.4 is 5.32 Å². The van der Waals surface area contributed by atoms with Crippen molar-refractivity contribution in [2.24, 2.45) is 5.92 Å². The van der Waals surface area contributed by atoms with Gasteiger partial charge in [-0.2, -0.15) is 13.2 Å². The summed E-state index contributed by atoms with van der Waals surface area (Å²) in [6.07, 6.45) is -2.33. The number of allylic oxidation sites excluding steroid dienone is 1. The van der Waals surface area contributed by atoms with Gasteiger partial charge in [0.1, 0.15) is 0 Å². The van der Waals surface area contributed by atoms with E-state index < -0.39 is 29.7 Å². The topological polar surface area (TPSA) is 68.3 Å². The third-order valence-corrected chi connectivity index (χ3v) is 6.87. The molecule has 0 bridgehead atoms. The molecule has 1 aliphatic carbocycles. The molecule has 0 radical (unpaired) electrons. The molecule has 3 aromatic carbocycles. The average molecular weight is 545 g/mol. The zero-order chi connectivity index (χ0) is 28.4. The molecule has 0 saturated carbocycles. The first-order valence-corrected chi connectivity index (χ1v) is 13.0. The van der Waals surface area contributed by atoms with E-state index in [4.69, 9.17) is 9.72 Å². The van der Waals surface area contributed by atoms with Gasteiger partial charge in [-0.25, -0.2) is 9.78 Å². The first-order chi connectivity index (χ1) is 19.1. The Bertz CT molecular complexity index is 1610. The summed E-state index contributed by atoms with van der Waals surface area (Å²) in [5, 5.41) is 3.03. The lowest BCUT2D eigenvalue weighted by Crippen LogP contribution is -2.31. The Morgan fingerprint density at radius 1 is 1.00 bits per heavy atom. The third kappa shape index (κ3) is 5.76. The number of aromatic nitrogens is 1. The van der Waals surface area contributed by atoms with Gasteiger partial charge < -0.3 is 10.1 Å². The van der Waals surface area contributed by atoms with Crippen LogP contribution in [-0.2, 0) is 22.1 Å². The number of fused-ring (bicyclic) bond motifs is 2. The first kappa shape index (κ1) is 27.1. The van der Waals surface area contributed by atoms with Crippen molar-refractivity contribution < 1.29 is 27.5 Å². The number of nitrogens with one attached hydrogen (secondary N) is 1. The maximum absolute atomic E-state index is 13.7. The van der Waals surface area contributed by atoms with Gasteiger partial charge in [-0.05, 0) is 72.7 Å². The molecular weight excluding hydrogens is 517 g/mol. The smallest absolute Gasteiger partial charge is 0.416 e. The number of hydrogen-bond acceptors (Lipinski definition) is 4. The van der Waals surface area contributed by atoms with Crippen LogP contribution >= 0.6 is 0 Å². The van der Waals surface area contributed by atoms with Crippen LogP contribution in [0.5, 0.6) is 0 Å². The molecule has 1 amide bonds. The van der Waals surface area contributed by atoms with Gasteiger partial charge in [0.25, 0.3) is 5.91 Å². The molecule has 0 aliphatic heterocycles. The monoisotopic (exact) mass is 544 g/mol. The highest BCUT2D eigenvalue weighted by atomic mass is 19.4. The van der Waals surface area contributed by atoms with E-state index in [1.165, 1.54) is 19.1 Å². The summed E-state index contributed by atoms with van der Waals surface area (Å²) in [7, 11) is 0. The van der Waals surface area contributed by atoms with E-state index >= 15 is 0 Å². The normalized spacial score (nSPS) is 16.8. The molecule has 204 valence electrons. The number of carbonyl (C=O) groups is 2. The van der Waals surface area contributed by atoms with Crippen LogP contribution in [0.4, 0.5) is 18.9 Å². The van der Waals surface area contributed by atoms with Gasteiger partial charge in [0.15, 0.2) is 6.10 Å². The van der Waals surface area contributed by atoms with Crippen LogP contribution in [0.15, 0.2) is 78.9 Å². The van der Waals surface area contributed by atoms with E-state index in [0.29, 0.717) is 22.9 Å². The van der Waals surface area contributed by atoms with Crippen LogP contribution in [0, 0.1) is 5.92 Å². The van der Waals surface area contributed by atoms with Crippen molar-refractivity contribution in [3.05, 3.63) is 107 Å². The Labute approximate surface area is 229 Å². The van der Waals surface area contributed by atoms with Gasteiger partial charge in [0.05, 0.1) is 22.3 Å². The van der Waals surface area contributed by atoms with Crippen LogP contribution in [0.3, 0.4) is 0 Å². The lowest BCUT2D eigenvalue weighted by molar-refractivity contribution is -0.137. The number of pyridine rings is 1. The van der Waals surface area contributed by atoms with Gasteiger partial charge in [-0.15, -0.1) is 0 Å². The number of hydrogen-bond donors (Lipinski definition) is 1. The van der Waals surface area contributed by atoms with Crippen molar-refractivity contribution in [3.63, 3.8) is 0 Å². The van der Waals surface area contributed by atoms with Crippen LogP contribution in [0.1, 0.15) is 53.0 Å². The van der Waals surface area contributed by atoms with Gasteiger partial charge in [-0.1, -0.05) is 61.5 Å². The van der Waals surface area contributed by atoms with Crippen molar-refractivity contribution in [2.45, 2.75) is 39.0 Å². The zero-order valence-electron chi connectivity index (χ0n) is 22.0. The molecule has 2 unspecified atom stereocenters. The summed E-state index contributed by atoms with van der Waals surface area (Å²) in [4.78, 5) is 31.4. The fraction of sp³-hybridized carbons (Fsp3) is 0.219. The van der Waals surface area contributed by atoms with Crippen molar-refractivity contribution in [2.75, 3.05) is 5.32 Å². The van der Waals surface area contributed by atoms with Crippen LogP contribution in [0.25, 0.3) is 22.6 Å². The van der Waals surface area contributed by atoms with Crippen LogP contribution in [-0.4, -0.2) is 23.0 Å². The summed E-state index contributed by atoms with van der Waals surface area (Å²) in [5.41, 5.74) is 3.57. The minimum Gasteiger partial charge on any atom is -0.449 e. The van der Waals surface area contributed by atoms with Gasteiger partial charge in [0.2, 0.25) is 0 Å². The highest BCUT2D eigenvalue weighted by molar-refractivity contribution is 6.07. The molecule has 1 aliphatic rings. The number of nitrogens with zero attached hydrogens (tertiary/aromatic N) is 1. The average Bonchev–Trinajstić information content (AvgIpc) is 2.92. The minimum absolute atomic E-state index is 0.0426. The number of esters is 1. The maximum atomic E-state index is 13.7. The Balaban J connectivity index is 1.47. The molecule has 0 fully saturated rings. The lowest BCUT2D eigenvalue weighted by atomic mass is 9.80. The second kappa shape index (κ2) is 11.0. The molecular formula is C32H27F3N2O3. The van der Waals surface area contributed by atoms with E-state index in [2.05, 4.69) is 18.3 Å². The molecule has 5 rings (SSSR count). The minimum atomic E-state index is -4.55. The summed E-state index contributed by atoms with van der Waals surface area (Å²) in [6, 6.07) is 21.5. The number of anilines is 1. The number of alkyl halides is 3. The number of carbonyl (C=O) groups excluding carboxylic acids is 2. The number of amides is 1. The number of halogens is 3. The van der Waals surface area contributed by atoms with Crippen molar-refractivity contribution in [1.29, 1.82) is 0 Å². The highest BCUT2D eigenvalue weighted by Gasteiger charge is 2.32. The third-order valence-electron chi connectivity index (χ3n) is 6.87. The first-order valence-electron chi connectivity index (χ1n) is 13.0. The summed E-state index contributed by atoms with van der Waals surface area (Å²) in [6.45, 7) is 3.50. The van der Waals surface area contributed by atoms with Crippen molar-refractivity contribution in [3.8, 4) is 0 Å². The zero-order valence-corrected chi connectivity index (χ0v) is 22.0. The summed E-state index contributed by atoms with van der Waals surface area (Å²) in [5.74, 6) is -1.19. The Morgan fingerprint density at radius 2 is 1.73 bits per heavy atom. The quantitative estimate of drug-likeness (QED) is 0.263. The summed E-state index contributed by atoms with van der Waals surface area (Å²) >= 11 is 0. The predicted molar refractivity (Wildman–Crippen MR) is 148 cm³/mol. The number of rotatable bonds is 5. The standard InChI is InChI=1S/C32H27F3N2O3/c1-19-15-22(17-21-9-4-3-5-10-21)29-26(16-19)28(25-13-6-7-14-27(25)37-29)31(39)40-20(2)30(38)36-24-12-8-11-23(18-24)32(33,34)35/h3-14,17-20H,15-16H2,1-2H3,(H,36,38)/b22-17-. The maximum Gasteiger partial charge on any atom is 0.416 e. The van der Waals surface area contributed by atoms with E-state index in [-0.39, 0.29) is 11.6 Å². The second-order valence-electron chi connectivity index (χ2n) is 10.0. The molecule has 1 heterocycles. The predicted octanol–water partition coefficient (Wildman–Crippen LogP) is 7.56. The lowest BCUT2D eigenvalue weighted by Gasteiger charge is -2.27. The van der Waals surface area contributed by atoms with Crippen molar-refractivity contribution >= 4 is 40.1 Å². The largest absolute Gasteiger partial charge is 0.449 e. The van der Waals surface area contributed by atoms with Crippen molar-refractivity contribution in [1.82, 2.24) is 4.98 Å².